The van der Waals surface area contributed by atoms with Crippen molar-refractivity contribution < 1.29 is 4.79 Å². The quantitative estimate of drug-likeness (QED) is 0.319. The second kappa shape index (κ2) is 10.9. The highest BCUT2D eigenvalue weighted by Gasteiger charge is 2.18. The van der Waals surface area contributed by atoms with Crippen LogP contribution in [0.5, 0.6) is 0 Å². The van der Waals surface area contributed by atoms with E-state index < -0.39 is 5.91 Å². The van der Waals surface area contributed by atoms with Crippen LogP contribution in [0.1, 0.15) is 16.0 Å². The number of halogens is 1. The van der Waals surface area contributed by atoms with E-state index in [9.17, 15) is 10.1 Å². The van der Waals surface area contributed by atoms with Crippen molar-refractivity contribution in [2.75, 3.05) is 5.32 Å². The number of nitrogens with one attached hydrogen (secondary N) is 2. The molecular weight excluding hydrogens is 434 g/mol. The van der Waals surface area contributed by atoms with Crippen molar-refractivity contribution in [3.05, 3.63) is 97.7 Å². The van der Waals surface area contributed by atoms with E-state index in [1.165, 1.54) is 11.8 Å². The topological polar surface area (TPSA) is 64.9 Å². The van der Waals surface area contributed by atoms with Crippen LogP contribution in [0.15, 0.2) is 76.6 Å². The lowest BCUT2D eigenvalue weighted by atomic mass is 10.2. The fourth-order valence-electron chi connectivity index (χ4n) is 2.65. The fraction of sp³-hybridized carbons (Fsp3) is 0.130. The minimum absolute atomic E-state index is 0.0480. The van der Waals surface area contributed by atoms with E-state index in [0.717, 1.165) is 21.7 Å². The number of carbonyl (C=O) groups is 1. The van der Waals surface area contributed by atoms with Gasteiger partial charge in [0.15, 0.2) is 0 Å². The summed E-state index contributed by atoms with van der Waals surface area (Å²) in [5.41, 5.74) is 2.85. The van der Waals surface area contributed by atoms with Crippen molar-refractivity contribution in [3.63, 3.8) is 0 Å². The van der Waals surface area contributed by atoms with Gasteiger partial charge in [0.05, 0.1) is 11.6 Å². The summed E-state index contributed by atoms with van der Waals surface area (Å²) in [6, 6.07) is 21.2. The molecule has 0 unspecified atom stereocenters. The lowest BCUT2D eigenvalue weighted by Gasteiger charge is -2.15. The van der Waals surface area contributed by atoms with Gasteiger partial charge < -0.3 is 10.6 Å². The minimum Gasteiger partial charge on any atom is -0.349 e. The second-order valence-electron chi connectivity index (χ2n) is 6.40. The minimum atomic E-state index is -0.409. The van der Waals surface area contributed by atoms with Crippen molar-refractivity contribution in [2.24, 2.45) is 0 Å². The van der Waals surface area contributed by atoms with E-state index in [1.54, 1.807) is 11.3 Å². The molecule has 3 aromatic rings. The molecule has 2 aromatic carbocycles. The molecule has 1 aromatic heterocycles. The van der Waals surface area contributed by atoms with Gasteiger partial charge in [-0.2, -0.15) is 5.26 Å². The Bertz CT molecular complexity index is 1090. The summed E-state index contributed by atoms with van der Waals surface area (Å²) < 4.78 is 0. The highest BCUT2D eigenvalue weighted by molar-refractivity contribution is 8.02. The Hall–Kier alpha value is -2.72. The molecule has 30 heavy (non-hydrogen) atoms. The van der Waals surface area contributed by atoms with Crippen molar-refractivity contribution >= 4 is 46.3 Å². The molecular formula is C23H20ClN3OS2. The number of rotatable bonds is 8. The van der Waals surface area contributed by atoms with Crippen LogP contribution in [0.4, 0.5) is 5.69 Å². The van der Waals surface area contributed by atoms with Crippen LogP contribution in [-0.2, 0) is 17.1 Å². The van der Waals surface area contributed by atoms with Crippen LogP contribution in [0.3, 0.4) is 0 Å². The van der Waals surface area contributed by atoms with Gasteiger partial charge >= 0.3 is 0 Å². The maximum Gasteiger partial charge on any atom is 0.264 e. The second-order valence-corrected chi connectivity index (χ2v) is 8.82. The summed E-state index contributed by atoms with van der Waals surface area (Å²) in [7, 11) is 0. The third-order valence-electron chi connectivity index (χ3n) is 4.29. The van der Waals surface area contributed by atoms with Gasteiger partial charge in [-0.3, -0.25) is 4.79 Å². The Balaban J connectivity index is 1.86. The van der Waals surface area contributed by atoms with Crippen LogP contribution in [0, 0.1) is 18.3 Å². The van der Waals surface area contributed by atoms with Crippen LogP contribution < -0.4 is 10.6 Å². The number of hydrogen-bond donors (Lipinski definition) is 2. The summed E-state index contributed by atoms with van der Waals surface area (Å²) in [6.07, 6.45) is 0. The van der Waals surface area contributed by atoms with Gasteiger partial charge in [-0.15, -0.1) is 23.1 Å². The molecule has 0 bridgehead atoms. The van der Waals surface area contributed by atoms with Crippen LogP contribution >= 0.6 is 34.7 Å². The van der Waals surface area contributed by atoms with Crippen LogP contribution in [0.2, 0.25) is 5.02 Å². The number of aryl methyl sites for hydroxylation is 1. The predicted molar refractivity (Wildman–Crippen MR) is 126 cm³/mol. The van der Waals surface area contributed by atoms with Crippen molar-refractivity contribution in [3.8, 4) is 6.07 Å². The number of anilines is 1. The zero-order valence-electron chi connectivity index (χ0n) is 16.3. The maximum atomic E-state index is 12.8. The average molecular weight is 454 g/mol. The molecule has 0 aliphatic rings. The SMILES string of the molecule is Cc1ccccc1N/C(SCc1ccccc1Cl)=C(/C#N)C(=O)NCc1cccs1. The molecule has 1 heterocycles. The number of thiophene rings is 1. The molecule has 152 valence electrons. The number of nitriles is 1. The molecule has 0 atom stereocenters. The number of amides is 1. The van der Waals surface area contributed by atoms with E-state index in [1.807, 2.05) is 73.0 Å². The first-order chi connectivity index (χ1) is 14.6. The molecule has 0 radical (unpaired) electrons. The van der Waals surface area contributed by atoms with E-state index >= 15 is 0 Å². The molecule has 3 rings (SSSR count). The van der Waals surface area contributed by atoms with Gasteiger partial charge in [-0.05, 0) is 41.6 Å². The third kappa shape index (κ3) is 5.90. The third-order valence-corrected chi connectivity index (χ3v) is 6.59. The molecule has 4 nitrogen and oxygen atoms in total. The lowest BCUT2D eigenvalue weighted by Crippen LogP contribution is -2.25. The molecule has 0 aliphatic heterocycles. The Morgan fingerprint density at radius 1 is 1.13 bits per heavy atom. The Morgan fingerprint density at radius 2 is 1.90 bits per heavy atom. The molecule has 2 N–H and O–H groups in total. The fourth-order valence-corrected chi connectivity index (χ4v) is 4.59. The molecule has 0 aliphatic carbocycles. The van der Waals surface area contributed by atoms with E-state index in [4.69, 9.17) is 11.6 Å². The molecule has 1 amide bonds. The van der Waals surface area contributed by atoms with Gasteiger partial charge in [0, 0.05) is 21.3 Å². The zero-order valence-corrected chi connectivity index (χ0v) is 18.7. The van der Waals surface area contributed by atoms with E-state index in [2.05, 4.69) is 16.7 Å². The Morgan fingerprint density at radius 3 is 2.60 bits per heavy atom. The van der Waals surface area contributed by atoms with E-state index in [-0.39, 0.29) is 5.57 Å². The first-order valence-electron chi connectivity index (χ1n) is 9.22. The molecule has 0 saturated carbocycles. The summed E-state index contributed by atoms with van der Waals surface area (Å²) in [4.78, 5) is 13.8. The summed E-state index contributed by atoms with van der Waals surface area (Å²) >= 11 is 9.22. The number of hydrogen-bond acceptors (Lipinski definition) is 5. The molecule has 0 fully saturated rings. The Labute approximate surface area is 189 Å². The van der Waals surface area contributed by atoms with Gasteiger partial charge in [0.2, 0.25) is 0 Å². The smallest absolute Gasteiger partial charge is 0.264 e. The number of benzene rings is 2. The maximum absolute atomic E-state index is 12.8. The Kier molecular flexibility index (Phi) is 7.97. The summed E-state index contributed by atoms with van der Waals surface area (Å²) in [5.74, 6) is 0.116. The number of thioether (sulfide) groups is 1. The normalized spacial score (nSPS) is 11.4. The highest BCUT2D eigenvalue weighted by atomic mass is 35.5. The van der Waals surface area contributed by atoms with Gasteiger partial charge in [0.25, 0.3) is 5.91 Å². The standard InChI is InChI=1S/C23H20ClN3OS2/c1-16-7-2-5-11-21(16)27-23(30-15-17-8-3-4-10-20(17)24)19(13-25)22(28)26-14-18-9-6-12-29-18/h2-12,27H,14-15H2,1H3,(H,26,28)/b23-19+. The molecule has 0 saturated heterocycles. The van der Waals surface area contributed by atoms with Gasteiger partial charge in [-0.25, -0.2) is 0 Å². The van der Waals surface area contributed by atoms with Crippen molar-refractivity contribution in [1.29, 1.82) is 5.26 Å². The number of nitrogens with zero attached hydrogens (tertiary/aromatic N) is 1. The zero-order chi connectivity index (χ0) is 21.3. The first-order valence-corrected chi connectivity index (χ1v) is 11.5. The lowest BCUT2D eigenvalue weighted by molar-refractivity contribution is -0.117. The van der Waals surface area contributed by atoms with Crippen molar-refractivity contribution in [1.82, 2.24) is 5.32 Å². The van der Waals surface area contributed by atoms with Gasteiger partial charge in [-0.1, -0.05) is 54.1 Å². The highest BCUT2D eigenvalue weighted by Crippen LogP contribution is 2.30. The summed E-state index contributed by atoms with van der Waals surface area (Å²) in [5, 5.41) is 19.0. The number of carbonyl (C=O) groups excluding carboxylic acids is 1. The molecule has 0 spiro atoms. The van der Waals surface area contributed by atoms with Crippen LogP contribution in [0.25, 0.3) is 0 Å². The predicted octanol–water partition coefficient (Wildman–Crippen LogP) is 6.11. The monoisotopic (exact) mass is 453 g/mol. The largest absolute Gasteiger partial charge is 0.349 e. The average Bonchev–Trinajstić information content (AvgIpc) is 3.27. The summed E-state index contributed by atoms with van der Waals surface area (Å²) in [6.45, 7) is 2.36. The molecule has 7 heteroatoms. The number of para-hydroxylation sites is 1. The van der Waals surface area contributed by atoms with Gasteiger partial charge in [0.1, 0.15) is 11.6 Å². The first kappa shape index (κ1) is 22.0. The van der Waals surface area contributed by atoms with Crippen LogP contribution in [-0.4, -0.2) is 5.91 Å². The van der Waals surface area contributed by atoms with E-state index in [0.29, 0.717) is 22.3 Å². The van der Waals surface area contributed by atoms with Crippen molar-refractivity contribution in [2.45, 2.75) is 19.2 Å².